The van der Waals surface area contributed by atoms with Crippen LogP contribution in [0.25, 0.3) is 10.9 Å². The molecule has 5 atom stereocenters. The van der Waals surface area contributed by atoms with Gasteiger partial charge < -0.3 is 14.8 Å². The monoisotopic (exact) mass is 465 g/mol. The summed E-state index contributed by atoms with van der Waals surface area (Å²) < 4.78 is 2.15. The molecule has 5 nitrogen and oxygen atoms in total. The maximum atomic E-state index is 13.6. The van der Waals surface area contributed by atoms with E-state index in [4.69, 9.17) is 0 Å². The Morgan fingerprint density at radius 3 is 1.97 bits per heavy atom. The number of rotatable bonds is 5. The predicted octanol–water partition coefficient (Wildman–Crippen LogP) is 4.95. The van der Waals surface area contributed by atoms with Crippen LogP contribution in [0.2, 0.25) is 0 Å². The van der Waals surface area contributed by atoms with Crippen molar-refractivity contribution in [1.82, 2.24) is 4.57 Å². The van der Waals surface area contributed by atoms with E-state index >= 15 is 0 Å². The summed E-state index contributed by atoms with van der Waals surface area (Å²) in [6.07, 6.45) is 1.81. The number of benzene rings is 1. The Kier molecular flexibility index (Phi) is 6.41. The lowest BCUT2D eigenvalue weighted by molar-refractivity contribution is -0.144. The number of carbonyl (C=O) groups is 2. The van der Waals surface area contributed by atoms with Crippen LogP contribution in [0.15, 0.2) is 36.9 Å². The van der Waals surface area contributed by atoms with Crippen LogP contribution in [-0.4, -0.2) is 38.6 Å². The van der Waals surface area contributed by atoms with Crippen LogP contribution < -0.4 is 0 Å². The van der Waals surface area contributed by atoms with Gasteiger partial charge in [-0.1, -0.05) is 52.0 Å². The third-order valence-electron chi connectivity index (χ3n) is 8.10. The second-order valence-electron chi connectivity index (χ2n) is 12.2. The van der Waals surface area contributed by atoms with Crippen LogP contribution in [0.4, 0.5) is 0 Å². The molecule has 34 heavy (non-hydrogen) atoms. The van der Waals surface area contributed by atoms with Crippen molar-refractivity contribution in [3.8, 4) is 0 Å². The van der Waals surface area contributed by atoms with Crippen molar-refractivity contribution in [2.75, 3.05) is 0 Å². The molecule has 1 heterocycles. The van der Waals surface area contributed by atoms with Crippen LogP contribution in [-0.2, 0) is 16.1 Å². The Balaban J connectivity index is 1.95. The second-order valence-corrected chi connectivity index (χ2v) is 12.2. The van der Waals surface area contributed by atoms with Gasteiger partial charge in [0.2, 0.25) is 0 Å². The van der Waals surface area contributed by atoms with Gasteiger partial charge in [0.25, 0.3) is 0 Å². The first kappa shape index (κ1) is 24.9. The molecule has 1 aromatic carbocycles. The van der Waals surface area contributed by atoms with E-state index < -0.39 is 30.0 Å². The zero-order chi connectivity index (χ0) is 25.0. The molecule has 2 aliphatic rings. The molecule has 2 aliphatic carbocycles. The number of carbonyl (C=O) groups excluding carboxylic acids is 2. The van der Waals surface area contributed by atoms with Gasteiger partial charge in [0, 0.05) is 41.9 Å². The smallest absolute Gasteiger partial charge is 0.139 e. The summed E-state index contributed by atoms with van der Waals surface area (Å²) in [7, 11) is 0. The normalized spacial score (nSPS) is 29.9. The van der Waals surface area contributed by atoms with Gasteiger partial charge in [0.15, 0.2) is 0 Å². The minimum atomic E-state index is -0.864. The maximum Gasteiger partial charge on any atom is 0.139 e. The van der Waals surface area contributed by atoms with E-state index in [0.717, 1.165) is 22.2 Å². The Morgan fingerprint density at radius 1 is 1.00 bits per heavy atom. The minimum absolute atomic E-state index is 0.0152. The molecule has 4 rings (SSSR count). The third-order valence-corrected chi connectivity index (χ3v) is 8.10. The topological polar surface area (TPSA) is 79.5 Å². The first-order chi connectivity index (χ1) is 15.9. The summed E-state index contributed by atoms with van der Waals surface area (Å²) in [4.78, 5) is 27.2. The zero-order valence-electron chi connectivity index (χ0n) is 21.2. The molecular formula is C29H39NO4. The minimum Gasteiger partial charge on any atom is -0.392 e. The molecule has 2 aromatic rings. The standard InChI is InChI=1S/C29H39NO4/c1-7-12-30-17(2)24(18-10-8-9-11-19(18)30)27(25-20(31)13-28(3,4)14-21(25)32)26-22(33)15-29(5,6)16-23(26)34/h7-11,20,22,25-27,31,33H,1,12-16H2,2-6H3/t20-,22+,25-,26-,27?/m0/s1. The number of hydrogen-bond donors (Lipinski definition) is 2. The molecule has 0 bridgehead atoms. The first-order valence-corrected chi connectivity index (χ1v) is 12.5. The highest BCUT2D eigenvalue weighted by Crippen LogP contribution is 2.51. The van der Waals surface area contributed by atoms with Crippen molar-refractivity contribution in [2.24, 2.45) is 22.7 Å². The van der Waals surface area contributed by atoms with E-state index in [0.29, 0.717) is 32.2 Å². The lowest BCUT2D eigenvalue weighted by Gasteiger charge is -2.46. The van der Waals surface area contributed by atoms with Gasteiger partial charge >= 0.3 is 0 Å². The maximum absolute atomic E-state index is 13.6. The molecule has 2 N–H and O–H groups in total. The summed E-state index contributed by atoms with van der Waals surface area (Å²) in [5.74, 6) is -2.05. The summed E-state index contributed by atoms with van der Waals surface area (Å²) in [6, 6.07) is 8.01. The molecule has 2 saturated carbocycles. The number of aliphatic hydroxyl groups is 2. The van der Waals surface area contributed by atoms with E-state index in [1.165, 1.54) is 0 Å². The summed E-state index contributed by atoms with van der Waals surface area (Å²) in [5.41, 5.74) is 2.30. The average molecular weight is 466 g/mol. The molecule has 0 spiro atoms. The molecule has 0 amide bonds. The van der Waals surface area contributed by atoms with Crippen molar-refractivity contribution in [1.29, 1.82) is 0 Å². The SMILES string of the molecule is C=CCn1c(C)c(C([C@@H]2C(=O)CC(C)(C)C[C@H]2O)[C@@H]2C(=O)CC(C)(C)C[C@@H]2O)c2ccccc21. The average Bonchev–Trinajstić information content (AvgIpc) is 2.96. The number of Topliss-reactive ketones (excluding diaryl/α,β-unsaturated/α-hetero) is 2. The van der Waals surface area contributed by atoms with Crippen LogP contribution in [0, 0.1) is 29.6 Å². The molecule has 1 unspecified atom stereocenters. The Labute approximate surface area is 202 Å². The highest BCUT2D eigenvalue weighted by atomic mass is 16.3. The van der Waals surface area contributed by atoms with Crippen LogP contribution in [0.5, 0.6) is 0 Å². The molecule has 0 saturated heterocycles. The number of fused-ring (bicyclic) bond motifs is 1. The zero-order valence-corrected chi connectivity index (χ0v) is 21.2. The van der Waals surface area contributed by atoms with Gasteiger partial charge in [-0.2, -0.15) is 0 Å². The van der Waals surface area contributed by atoms with E-state index in [1.54, 1.807) is 0 Å². The molecule has 2 fully saturated rings. The molecular weight excluding hydrogens is 426 g/mol. The number of allylic oxidation sites excluding steroid dienone is 1. The van der Waals surface area contributed by atoms with Crippen molar-refractivity contribution >= 4 is 22.5 Å². The first-order valence-electron chi connectivity index (χ1n) is 12.5. The van der Waals surface area contributed by atoms with Gasteiger partial charge in [0.1, 0.15) is 11.6 Å². The highest BCUT2D eigenvalue weighted by molar-refractivity contribution is 5.92. The largest absolute Gasteiger partial charge is 0.392 e. The summed E-state index contributed by atoms with van der Waals surface area (Å²) >= 11 is 0. The summed E-state index contributed by atoms with van der Waals surface area (Å²) in [6.45, 7) is 14.5. The van der Waals surface area contributed by atoms with Gasteiger partial charge in [-0.15, -0.1) is 6.58 Å². The Morgan fingerprint density at radius 2 is 1.50 bits per heavy atom. The van der Waals surface area contributed by atoms with Crippen LogP contribution >= 0.6 is 0 Å². The molecule has 184 valence electrons. The number of aliphatic hydroxyl groups excluding tert-OH is 2. The van der Waals surface area contributed by atoms with Crippen molar-refractivity contribution < 1.29 is 19.8 Å². The van der Waals surface area contributed by atoms with Crippen molar-refractivity contribution in [2.45, 2.75) is 85.0 Å². The second kappa shape index (κ2) is 8.76. The van der Waals surface area contributed by atoms with Crippen molar-refractivity contribution in [3.63, 3.8) is 0 Å². The van der Waals surface area contributed by atoms with E-state index in [9.17, 15) is 19.8 Å². The lowest BCUT2D eigenvalue weighted by Crippen LogP contribution is -2.51. The van der Waals surface area contributed by atoms with Crippen LogP contribution in [0.3, 0.4) is 0 Å². The number of ketones is 2. The highest BCUT2D eigenvalue weighted by Gasteiger charge is 2.53. The Hall–Kier alpha value is -2.24. The fraction of sp³-hybridized carbons (Fsp3) is 0.586. The van der Waals surface area contributed by atoms with Gasteiger partial charge in [-0.3, -0.25) is 9.59 Å². The van der Waals surface area contributed by atoms with E-state index in [-0.39, 0.29) is 22.4 Å². The van der Waals surface area contributed by atoms with Crippen molar-refractivity contribution in [3.05, 3.63) is 48.2 Å². The fourth-order valence-corrected chi connectivity index (χ4v) is 6.84. The number of nitrogens with zero attached hydrogens (tertiary/aromatic N) is 1. The van der Waals surface area contributed by atoms with E-state index in [2.05, 4.69) is 11.1 Å². The van der Waals surface area contributed by atoms with Gasteiger partial charge in [-0.05, 0) is 42.2 Å². The van der Waals surface area contributed by atoms with E-state index in [1.807, 2.05) is 65.0 Å². The molecule has 0 radical (unpaired) electrons. The molecule has 0 aliphatic heterocycles. The molecule has 1 aromatic heterocycles. The predicted molar refractivity (Wildman–Crippen MR) is 135 cm³/mol. The van der Waals surface area contributed by atoms with Crippen LogP contribution in [0.1, 0.15) is 70.6 Å². The molecule has 5 heteroatoms. The number of aromatic nitrogens is 1. The fourth-order valence-electron chi connectivity index (χ4n) is 6.84. The lowest BCUT2D eigenvalue weighted by atomic mass is 9.58. The van der Waals surface area contributed by atoms with Gasteiger partial charge in [-0.25, -0.2) is 0 Å². The summed E-state index contributed by atoms with van der Waals surface area (Å²) in [5, 5.41) is 23.7. The Bertz CT molecular complexity index is 1080. The number of para-hydroxylation sites is 1. The quantitative estimate of drug-likeness (QED) is 0.612. The number of hydrogen-bond acceptors (Lipinski definition) is 4. The third kappa shape index (κ3) is 4.29. The van der Waals surface area contributed by atoms with Gasteiger partial charge in [0.05, 0.1) is 24.0 Å².